The van der Waals surface area contributed by atoms with Crippen molar-refractivity contribution in [3.63, 3.8) is 0 Å². The van der Waals surface area contributed by atoms with Crippen LogP contribution in [0.5, 0.6) is 0 Å². The van der Waals surface area contributed by atoms with Crippen LogP contribution in [0.3, 0.4) is 0 Å². The molecule has 96 valence electrons. The number of hydrogen-bond donors (Lipinski definition) is 1. The Kier molecular flexibility index (Phi) is 2.97. The average Bonchev–Trinajstić information content (AvgIpc) is 2.76. The Morgan fingerprint density at radius 1 is 1.21 bits per heavy atom. The molecule has 0 amide bonds. The van der Waals surface area contributed by atoms with Gasteiger partial charge in [0.15, 0.2) is 5.65 Å². The Morgan fingerprint density at radius 2 is 2.00 bits per heavy atom. The zero-order valence-electron chi connectivity index (χ0n) is 10.6. The number of aryl methyl sites for hydroxylation is 1. The van der Waals surface area contributed by atoms with Gasteiger partial charge in [-0.05, 0) is 30.7 Å². The Hall–Kier alpha value is -2.27. The second-order valence-electron chi connectivity index (χ2n) is 4.34. The van der Waals surface area contributed by atoms with Gasteiger partial charge in [0.2, 0.25) is 0 Å². The van der Waals surface area contributed by atoms with E-state index in [1.807, 2.05) is 35.9 Å². The minimum atomic E-state index is 0.0891. The summed E-state index contributed by atoms with van der Waals surface area (Å²) in [6.45, 7) is 2.54. The van der Waals surface area contributed by atoms with Crippen molar-refractivity contribution in [3.8, 4) is 11.1 Å². The average molecular weight is 254 g/mol. The van der Waals surface area contributed by atoms with Gasteiger partial charge in [-0.25, -0.2) is 9.97 Å². The molecule has 3 aromatic rings. The molecule has 19 heavy (non-hydrogen) atoms. The quantitative estimate of drug-likeness (QED) is 0.774. The molecule has 0 aliphatic rings. The number of aliphatic hydroxyl groups excluding tert-OH is 1. The summed E-state index contributed by atoms with van der Waals surface area (Å²) in [5.41, 5.74) is 3.75. The summed E-state index contributed by atoms with van der Waals surface area (Å²) < 4.78 is 1.98. The van der Waals surface area contributed by atoms with Crippen molar-refractivity contribution in [1.29, 1.82) is 0 Å². The van der Waals surface area contributed by atoms with E-state index >= 15 is 0 Å². The van der Waals surface area contributed by atoms with Gasteiger partial charge in [0.25, 0.3) is 0 Å². The molecule has 3 heterocycles. The molecule has 3 rings (SSSR count). The third-order valence-electron chi connectivity index (χ3n) is 3.13. The molecule has 0 saturated carbocycles. The highest BCUT2D eigenvalue weighted by Crippen LogP contribution is 2.22. The molecule has 1 N–H and O–H groups in total. The van der Waals surface area contributed by atoms with E-state index < -0.39 is 0 Å². The molecule has 0 radical (unpaired) electrons. The molecule has 0 fully saturated rings. The van der Waals surface area contributed by atoms with E-state index in [1.54, 1.807) is 12.4 Å². The Balaban J connectivity index is 2.17. The van der Waals surface area contributed by atoms with E-state index in [1.165, 1.54) is 0 Å². The predicted molar refractivity (Wildman–Crippen MR) is 72.6 cm³/mol. The summed E-state index contributed by atoms with van der Waals surface area (Å²) in [4.78, 5) is 12.8. The molecular formula is C14H14N4O. The van der Waals surface area contributed by atoms with Crippen molar-refractivity contribution in [2.24, 2.45) is 0 Å². The summed E-state index contributed by atoms with van der Waals surface area (Å²) in [7, 11) is 0. The lowest BCUT2D eigenvalue weighted by Gasteiger charge is -2.05. The molecular weight excluding hydrogens is 240 g/mol. The SMILES string of the molecule is Cc1nc2ncc(-c3ccncc3)cc2n1CCO. The zero-order valence-corrected chi connectivity index (χ0v) is 10.6. The number of hydrogen-bond acceptors (Lipinski definition) is 4. The first-order valence-electron chi connectivity index (χ1n) is 6.14. The van der Waals surface area contributed by atoms with Crippen LogP contribution in [0.1, 0.15) is 5.82 Å². The van der Waals surface area contributed by atoms with Gasteiger partial charge in [-0.2, -0.15) is 0 Å². The van der Waals surface area contributed by atoms with E-state index in [0.29, 0.717) is 12.2 Å². The second-order valence-corrected chi connectivity index (χ2v) is 4.34. The fourth-order valence-corrected chi connectivity index (χ4v) is 2.20. The van der Waals surface area contributed by atoms with Gasteiger partial charge in [-0.3, -0.25) is 4.98 Å². The monoisotopic (exact) mass is 254 g/mol. The third kappa shape index (κ3) is 2.08. The lowest BCUT2D eigenvalue weighted by molar-refractivity contribution is 0.276. The second kappa shape index (κ2) is 4.78. The predicted octanol–water partition coefficient (Wildman–Crippen LogP) is 1.79. The van der Waals surface area contributed by atoms with Gasteiger partial charge in [0.1, 0.15) is 5.82 Å². The first-order chi connectivity index (χ1) is 9.29. The summed E-state index contributed by atoms with van der Waals surface area (Å²) in [6, 6.07) is 5.94. The van der Waals surface area contributed by atoms with E-state index in [2.05, 4.69) is 15.0 Å². The van der Waals surface area contributed by atoms with Crippen molar-refractivity contribution in [1.82, 2.24) is 19.5 Å². The van der Waals surface area contributed by atoms with Crippen molar-refractivity contribution >= 4 is 11.2 Å². The van der Waals surface area contributed by atoms with Crippen molar-refractivity contribution in [3.05, 3.63) is 42.6 Å². The van der Waals surface area contributed by atoms with Gasteiger partial charge < -0.3 is 9.67 Å². The van der Waals surface area contributed by atoms with E-state index in [9.17, 15) is 0 Å². The normalized spacial score (nSPS) is 11.1. The van der Waals surface area contributed by atoms with E-state index in [0.717, 1.165) is 22.5 Å². The van der Waals surface area contributed by atoms with Crippen LogP contribution in [-0.4, -0.2) is 31.2 Å². The van der Waals surface area contributed by atoms with Crippen molar-refractivity contribution in [2.75, 3.05) is 6.61 Å². The first-order valence-corrected chi connectivity index (χ1v) is 6.14. The maximum atomic E-state index is 9.13. The topological polar surface area (TPSA) is 63.8 Å². The molecule has 0 unspecified atom stereocenters. The fourth-order valence-electron chi connectivity index (χ4n) is 2.20. The number of fused-ring (bicyclic) bond motifs is 1. The minimum Gasteiger partial charge on any atom is -0.395 e. The Bertz CT molecular complexity index is 706. The van der Waals surface area contributed by atoms with Crippen LogP contribution < -0.4 is 0 Å². The summed E-state index contributed by atoms with van der Waals surface area (Å²) >= 11 is 0. The molecule has 0 spiro atoms. The van der Waals surface area contributed by atoms with Crippen LogP contribution in [0.2, 0.25) is 0 Å². The number of aromatic nitrogens is 4. The van der Waals surface area contributed by atoms with Crippen LogP contribution in [0.25, 0.3) is 22.3 Å². The molecule has 0 saturated heterocycles. The number of pyridine rings is 2. The van der Waals surface area contributed by atoms with E-state index in [4.69, 9.17) is 5.11 Å². The van der Waals surface area contributed by atoms with Crippen LogP contribution in [0.15, 0.2) is 36.8 Å². The number of imidazole rings is 1. The van der Waals surface area contributed by atoms with Crippen LogP contribution in [0, 0.1) is 6.92 Å². The summed E-state index contributed by atoms with van der Waals surface area (Å²) in [5.74, 6) is 0.864. The lowest BCUT2D eigenvalue weighted by atomic mass is 10.1. The van der Waals surface area contributed by atoms with E-state index in [-0.39, 0.29) is 6.61 Å². The molecule has 0 atom stereocenters. The first kappa shape index (κ1) is 11.8. The van der Waals surface area contributed by atoms with Gasteiger partial charge in [0, 0.05) is 30.7 Å². The Labute approximate surface area is 110 Å². The number of rotatable bonds is 3. The highest BCUT2D eigenvalue weighted by Gasteiger charge is 2.09. The maximum Gasteiger partial charge on any atom is 0.177 e. The van der Waals surface area contributed by atoms with Crippen LogP contribution >= 0.6 is 0 Å². The van der Waals surface area contributed by atoms with Gasteiger partial charge in [0.05, 0.1) is 12.1 Å². The van der Waals surface area contributed by atoms with Crippen molar-refractivity contribution in [2.45, 2.75) is 13.5 Å². The highest BCUT2D eigenvalue weighted by atomic mass is 16.3. The van der Waals surface area contributed by atoms with Gasteiger partial charge >= 0.3 is 0 Å². The maximum absolute atomic E-state index is 9.13. The molecule has 0 aliphatic carbocycles. The minimum absolute atomic E-state index is 0.0891. The summed E-state index contributed by atoms with van der Waals surface area (Å²) in [6.07, 6.45) is 5.33. The smallest absolute Gasteiger partial charge is 0.177 e. The number of aliphatic hydroxyl groups is 1. The van der Waals surface area contributed by atoms with Gasteiger partial charge in [-0.15, -0.1) is 0 Å². The molecule has 5 heteroatoms. The molecule has 3 aromatic heterocycles. The largest absolute Gasteiger partial charge is 0.395 e. The molecule has 5 nitrogen and oxygen atoms in total. The highest BCUT2D eigenvalue weighted by molar-refractivity contribution is 5.78. The standard InChI is InChI=1S/C14H14N4O/c1-10-17-14-13(18(10)6-7-19)8-12(9-16-14)11-2-4-15-5-3-11/h2-5,8-9,19H,6-7H2,1H3. The van der Waals surface area contributed by atoms with Gasteiger partial charge in [-0.1, -0.05) is 0 Å². The van der Waals surface area contributed by atoms with Crippen LogP contribution in [-0.2, 0) is 6.54 Å². The van der Waals surface area contributed by atoms with Crippen LogP contribution in [0.4, 0.5) is 0 Å². The molecule has 0 aromatic carbocycles. The number of nitrogens with zero attached hydrogens (tertiary/aromatic N) is 4. The molecule has 0 aliphatic heterocycles. The summed E-state index contributed by atoms with van der Waals surface area (Å²) in [5, 5.41) is 9.13. The fraction of sp³-hybridized carbons (Fsp3) is 0.214. The third-order valence-corrected chi connectivity index (χ3v) is 3.13. The molecule has 0 bridgehead atoms. The lowest BCUT2D eigenvalue weighted by Crippen LogP contribution is -2.03. The zero-order chi connectivity index (χ0) is 13.2. The van der Waals surface area contributed by atoms with Crippen molar-refractivity contribution < 1.29 is 5.11 Å². The Morgan fingerprint density at radius 3 is 2.74 bits per heavy atom.